The van der Waals surface area contributed by atoms with Crippen LogP contribution in [0.1, 0.15) is 16.9 Å². The highest BCUT2D eigenvalue weighted by atomic mass is 19.1. The number of pyridine rings is 1. The molecule has 1 amide bonds. The van der Waals surface area contributed by atoms with Crippen LogP contribution in [0.2, 0.25) is 0 Å². The molecule has 1 fully saturated rings. The Hall–Kier alpha value is -1.95. The largest absolute Gasteiger partial charge is 0.336 e. The third-order valence-corrected chi connectivity index (χ3v) is 3.91. The number of fused-ring (bicyclic) bond motifs is 1. The lowest BCUT2D eigenvalue weighted by Gasteiger charge is -2.23. The van der Waals surface area contributed by atoms with E-state index in [9.17, 15) is 9.18 Å². The second kappa shape index (κ2) is 4.86. The maximum atomic E-state index is 14.2. The van der Waals surface area contributed by atoms with Crippen LogP contribution in [0, 0.1) is 5.95 Å². The van der Waals surface area contributed by atoms with Gasteiger partial charge >= 0.3 is 0 Å². The average Bonchev–Trinajstić information content (AvgIpc) is 3.02. The quantitative estimate of drug-likeness (QED) is 0.829. The van der Waals surface area contributed by atoms with E-state index in [2.05, 4.69) is 9.88 Å². The predicted octanol–water partition coefficient (Wildman–Crippen LogP) is 1.25. The van der Waals surface area contributed by atoms with E-state index in [0.29, 0.717) is 5.65 Å². The molecule has 106 valence electrons. The number of carbonyl (C=O) groups is 1. The third-order valence-electron chi connectivity index (χ3n) is 3.91. The molecule has 2 aromatic rings. The molecule has 1 saturated heterocycles. The molecule has 0 radical (unpaired) electrons. The Labute approximate surface area is 116 Å². The molecule has 1 atom stereocenters. The molecule has 20 heavy (non-hydrogen) atoms. The number of imidazole rings is 1. The van der Waals surface area contributed by atoms with Gasteiger partial charge < -0.3 is 9.80 Å². The molecule has 3 heterocycles. The molecule has 5 nitrogen and oxygen atoms in total. The van der Waals surface area contributed by atoms with Crippen molar-refractivity contribution in [3.05, 3.63) is 36.0 Å². The minimum Gasteiger partial charge on any atom is -0.336 e. The molecule has 3 rings (SSSR count). The van der Waals surface area contributed by atoms with Crippen LogP contribution in [0.25, 0.3) is 5.65 Å². The molecule has 0 saturated carbocycles. The zero-order chi connectivity index (χ0) is 14.3. The maximum absolute atomic E-state index is 14.2. The molecular formula is C14H17FN4O. The molecule has 2 aromatic heterocycles. The minimum atomic E-state index is -0.594. The Morgan fingerprint density at radius 1 is 1.50 bits per heavy atom. The summed E-state index contributed by atoms with van der Waals surface area (Å²) in [5.41, 5.74) is 0.346. The van der Waals surface area contributed by atoms with Gasteiger partial charge in [0.05, 0.1) is 0 Å². The zero-order valence-corrected chi connectivity index (χ0v) is 11.6. The van der Waals surface area contributed by atoms with E-state index < -0.39 is 5.95 Å². The summed E-state index contributed by atoms with van der Waals surface area (Å²) in [5, 5.41) is 0. The topological polar surface area (TPSA) is 40.8 Å². The second-order valence-corrected chi connectivity index (χ2v) is 5.30. The molecule has 0 N–H and O–H groups in total. The van der Waals surface area contributed by atoms with Gasteiger partial charge in [-0.05, 0) is 32.1 Å². The van der Waals surface area contributed by atoms with Gasteiger partial charge in [0.1, 0.15) is 5.65 Å². The standard InChI is InChI=1S/C14H17FN4O/c1-17-8-6-10(9-17)18(2)14(20)12-13(15)19-7-4-3-5-11(19)16-12/h3-5,7,10H,6,8-9H2,1-2H3/t10-/m1/s1. The molecule has 0 unspecified atom stereocenters. The number of amides is 1. The summed E-state index contributed by atoms with van der Waals surface area (Å²) in [4.78, 5) is 20.3. The van der Waals surface area contributed by atoms with Crippen molar-refractivity contribution >= 4 is 11.6 Å². The normalized spacial score (nSPS) is 19.6. The molecule has 0 aromatic carbocycles. The van der Waals surface area contributed by atoms with Crippen molar-refractivity contribution in [3.63, 3.8) is 0 Å². The first-order valence-corrected chi connectivity index (χ1v) is 6.66. The van der Waals surface area contributed by atoms with E-state index in [1.165, 1.54) is 4.40 Å². The minimum absolute atomic E-state index is 0.103. The van der Waals surface area contributed by atoms with Crippen LogP contribution in [0.4, 0.5) is 4.39 Å². The van der Waals surface area contributed by atoms with Gasteiger partial charge in [0, 0.05) is 25.8 Å². The summed E-state index contributed by atoms with van der Waals surface area (Å²) in [6.45, 7) is 1.77. The number of likely N-dealkylation sites (N-methyl/N-ethyl adjacent to an activating group) is 2. The van der Waals surface area contributed by atoms with E-state index in [-0.39, 0.29) is 17.6 Å². The highest BCUT2D eigenvalue weighted by Crippen LogP contribution is 2.17. The smallest absolute Gasteiger partial charge is 0.277 e. The highest BCUT2D eigenvalue weighted by Gasteiger charge is 2.30. The van der Waals surface area contributed by atoms with E-state index in [1.807, 2.05) is 7.05 Å². The lowest BCUT2D eigenvalue weighted by atomic mass is 10.2. The Kier molecular flexibility index (Phi) is 3.17. The fourth-order valence-corrected chi connectivity index (χ4v) is 2.66. The molecule has 0 bridgehead atoms. The van der Waals surface area contributed by atoms with Crippen molar-refractivity contribution in [3.8, 4) is 0 Å². The van der Waals surface area contributed by atoms with E-state index in [1.54, 1.807) is 36.3 Å². The second-order valence-electron chi connectivity index (χ2n) is 5.30. The van der Waals surface area contributed by atoms with Crippen molar-refractivity contribution in [2.45, 2.75) is 12.5 Å². The molecule has 6 heteroatoms. The number of rotatable bonds is 2. The first-order valence-electron chi connectivity index (χ1n) is 6.66. The van der Waals surface area contributed by atoms with Gasteiger partial charge in [0.15, 0.2) is 5.69 Å². The lowest BCUT2D eigenvalue weighted by Crippen LogP contribution is -2.39. The Morgan fingerprint density at radius 3 is 2.95 bits per heavy atom. The number of carbonyl (C=O) groups excluding carboxylic acids is 1. The van der Waals surface area contributed by atoms with Crippen molar-refractivity contribution in [1.29, 1.82) is 0 Å². The van der Waals surface area contributed by atoms with Gasteiger partial charge in [-0.25, -0.2) is 4.98 Å². The predicted molar refractivity (Wildman–Crippen MR) is 73.1 cm³/mol. The van der Waals surface area contributed by atoms with E-state index in [4.69, 9.17) is 0 Å². The van der Waals surface area contributed by atoms with Gasteiger partial charge in [0.25, 0.3) is 5.91 Å². The van der Waals surface area contributed by atoms with Crippen molar-refractivity contribution in [2.24, 2.45) is 0 Å². The highest BCUT2D eigenvalue weighted by molar-refractivity contribution is 5.93. The molecule has 1 aliphatic heterocycles. The van der Waals surface area contributed by atoms with Gasteiger partial charge in [-0.3, -0.25) is 9.20 Å². The Bertz CT molecular complexity index is 654. The van der Waals surface area contributed by atoms with Crippen LogP contribution in [-0.4, -0.2) is 58.3 Å². The SMILES string of the molecule is CN1CC[C@@H](N(C)C(=O)c2nc3ccccn3c2F)C1. The van der Waals surface area contributed by atoms with E-state index in [0.717, 1.165) is 19.5 Å². The summed E-state index contributed by atoms with van der Waals surface area (Å²) < 4.78 is 15.5. The molecule has 1 aliphatic rings. The van der Waals surface area contributed by atoms with Crippen molar-refractivity contribution < 1.29 is 9.18 Å². The van der Waals surface area contributed by atoms with Crippen LogP contribution < -0.4 is 0 Å². The summed E-state index contributed by atoms with van der Waals surface area (Å²) >= 11 is 0. The fourth-order valence-electron chi connectivity index (χ4n) is 2.66. The number of halogens is 1. The van der Waals surface area contributed by atoms with Crippen LogP contribution in [-0.2, 0) is 0 Å². The number of likely N-dealkylation sites (tertiary alicyclic amines) is 1. The summed E-state index contributed by atoms with van der Waals surface area (Å²) in [6.07, 6.45) is 2.48. The summed E-state index contributed by atoms with van der Waals surface area (Å²) in [6, 6.07) is 5.29. The molecule has 0 aliphatic carbocycles. The fraction of sp³-hybridized carbons (Fsp3) is 0.429. The maximum Gasteiger partial charge on any atom is 0.277 e. The first-order chi connectivity index (χ1) is 9.58. The third kappa shape index (κ3) is 2.06. The van der Waals surface area contributed by atoms with Crippen molar-refractivity contribution in [1.82, 2.24) is 19.2 Å². The van der Waals surface area contributed by atoms with Gasteiger partial charge in [-0.2, -0.15) is 4.39 Å². The van der Waals surface area contributed by atoms with Crippen LogP contribution in [0.3, 0.4) is 0 Å². The summed E-state index contributed by atoms with van der Waals surface area (Å²) in [7, 11) is 3.74. The summed E-state index contributed by atoms with van der Waals surface area (Å²) in [5.74, 6) is -0.949. The monoisotopic (exact) mass is 276 g/mol. The number of aromatic nitrogens is 2. The van der Waals surface area contributed by atoms with Gasteiger partial charge in [-0.1, -0.05) is 6.07 Å². The van der Waals surface area contributed by atoms with Crippen molar-refractivity contribution in [2.75, 3.05) is 27.2 Å². The zero-order valence-electron chi connectivity index (χ0n) is 11.6. The van der Waals surface area contributed by atoms with Gasteiger partial charge in [0.2, 0.25) is 5.95 Å². The molecule has 0 spiro atoms. The Balaban J connectivity index is 1.90. The van der Waals surface area contributed by atoms with Gasteiger partial charge in [-0.15, -0.1) is 0 Å². The Morgan fingerprint density at radius 2 is 2.30 bits per heavy atom. The number of nitrogens with zero attached hydrogens (tertiary/aromatic N) is 4. The lowest BCUT2D eigenvalue weighted by molar-refractivity contribution is 0.0727. The number of hydrogen-bond acceptors (Lipinski definition) is 3. The molecular weight excluding hydrogens is 259 g/mol. The van der Waals surface area contributed by atoms with E-state index >= 15 is 0 Å². The average molecular weight is 276 g/mol. The van der Waals surface area contributed by atoms with Crippen LogP contribution >= 0.6 is 0 Å². The first kappa shape index (κ1) is 13.1. The number of hydrogen-bond donors (Lipinski definition) is 0. The van der Waals surface area contributed by atoms with Crippen LogP contribution in [0.5, 0.6) is 0 Å². The van der Waals surface area contributed by atoms with Crippen LogP contribution in [0.15, 0.2) is 24.4 Å².